The minimum absolute atomic E-state index is 0.129. The number of benzene rings is 2. The molecule has 0 aliphatic rings. The molecule has 0 aliphatic carbocycles. The maximum atomic E-state index is 12.3. The molecule has 2 aromatic carbocycles. The summed E-state index contributed by atoms with van der Waals surface area (Å²) >= 11 is 6.50. The zero-order valence-electron chi connectivity index (χ0n) is 21.0. The van der Waals surface area contributed by atoms with E-state index in [1.54, 1.807) is 19.4 Å². The summed E-state index contributed by atoms with van der Waals surface area (Å²) in [5, 5.41) is 7.54. The number of aromatic amines is 1. The van der Waals surface area contributed by atoms with Crippen LogP contribution in [0, 0.1) is 0 Å². The predicted molar refractivity (Wildman–Crippen MR) is 151 cm³/mol. The number of nitrogens with zero attached hydrogens (tertiary/aromatic N) is 3. The second-order valence-electron chi connectivity index (χ2n) is 8.60. The van der Waals surface area contributed by atoms with Crippen LogP contribution in [0.3, 0.4) is 0 Å². The molecule has 0 saturated heterocycles. The smallest absolute Gasteiger partial charge is 0.247 e. The SMILES string of the molecule is C=CC(=O)Nc1cc(Nc2ncc(Cl)c(-c3c[nH]c4ccccc34)n2)c(OC)cc1N(CCN)C(C)C. The second-order valence-corrected chi connectivity index (χ2v) is 9.01. The van der Waals surface area contributed by atoms with Gasteiger partial charge in [-0.25, -0.2) is 9.97 Å². The Balaban J connectivity index is 1.77. The number of amides is 1. The van der Waals surface area contributed by atoms with Gasteiger partial charge in [0.2, 0.25) is 11.9 Å². The van der Waals surface area contributed by atoms with E-state index in [2.05, 4.69) is 45.9 Å². The van der Waals surface area contributed by atoms with Gasteiger partial charge in [0.05, 0.1) is 41.1 Å². The molecule has 4 aromatic rings. The Labute approximate surface area is 220 Å². The minimum atomic E-state index is -0.335. The zero-order valence-corrected chi connectivity index (χ0v) is 21.8. The van der Waals surface area contributed by atoms with Crippen molar-refractivity contribution in [3.8, 4) is 17.0 Å². The number of rotatable bonds is 10. The molecule has 0 bridgehead atoms. The summed E-state index contributed by atoms with van der Waals surface area (Å²) in [6.45, 7) is 8.73. The quantitative estimate of drug-likeness (QED) is 0.209. The normalized spacial score (nSPS) is 11.0. The van der Waals surface area contributed by atoms with Crippen LogP contribution < -0.4 is 26.0 Å². The number of ether oxygens (including phenoxy) is 1. The minimum Gasteiger partial charge on any atom is -0.494 e. The highest BCUT2D eigenvalue weighted by atomic mass is 35.5. The molecule has 0 fully saturated rings. The number of anilines is 4. The predicted octanol–water partition coefficient (Wildman–Crippen LogP) is 5.33. The van der Waals surface area contributed by atoms with E-state index in [9.17, 15) is 4.79 Å². The van der Waals surface area contributed by atoms with E-state index in [-0.39, 0.29) is 11.9 Å². The molecule has 4 rings (SSSR count). The monoisotopic (exact) mass is 519 g/mol. The Morgan fingerprint density at radius 3 is 2.78 bits per heavy atom. The molecule has 5 N–H and O–H groups in total. The first-order valence-electron chi connectivity index (χ1n) is 11.8. The lowest BCUT2D eigenvalue weighted by Crippen LogP contribution is -2.36. The van der Waals surface area contributed by atoms with E-state index in [0.29, 0.717) is 46.9 Å². The van der Waals surface area contributed by atoms with Gasteiger partial charge in [-0.15, -0.1) is 0 Å². The molecule has 0 spiro atoms. The van der Waals surface area contributed by atoms with Crippen molar-refractivity contribution in [3.05, 3.63) is 66.5 Å². The number of carbonyl (C=O) groups is 1. The Hall–Kier alpha value is -4.08. The maximum absolute atomic E-state index is 12.3. The van der Waals surface area contributed by atoms with Gasteiger partial charge in [0, 0.05) is 47.9 Å². The van der Waals surface area contributed by atoms with Gasteiger partial charge in [0.1, 0.15) is 5.75 Å². The molecule has 37 heavy (non-hydrogen) atoms. The van der Waals surface area contributed by atoms with Crippen LogP contribution >= 0.6 is 11.6 Å². The summed E-state index contributed by atoms with van der Waals surface area (Å²) in [6.07, 6.45) is 4.65. The molecule has 0 unspecified atom stereocenters. The standard InChI is InChI=1S/C27H30ClN7O2/c1-5-25(36)32-21-12-22(24(37-4)13-23(21)35(11-10-29)16(2)3)33-27-31-15-19(28)26(34-27)18-14-30-20-9-7-6-8-17(18)20/h5-9,12-16,30H,1,10-11,29H2,2-4H3,(H,32,36)(H,31,33,34). The molecule has 10 heteroatoms. The Bertz CT molecular complexity index is 1430. The van der Waals surface area contributed by atoms with Gasteiger partial charge in [-0.05, 0) is 32.1 Å². The number of nitrogens with one attached hydrogen (secondary N) is 3. The first-order chi connectivity index (χ1) is 17.9. The Morgan fingerprint density at radius 1 is 1.30 bits per heavy atom. The molecular formula is C27H30ClN7O2. The van der Waals surface area contributed by atoms with Crippen LogP contribution in [0.1, 0.15) is 13.8 Å². The van der Waals surface area contributed by atoms with Crippen LogP contribution in [-0.2, 0) is 4.79 Å². The van der Waals surface area contributed by atoms with Crippen LogP contribution in [-0.4, -0.2) is 47.1 Å². The first-order valence-corrected chi connectivity index (χ1v) is 12.2. The third kappa shape index (κ3) is 5.52. The maximum Gasteiger partial charge on any atom is 0.247 e. The fourth-order valence-electron chi connectivity index (χ4n) is 4.16. The van der Waals surface area contributed by atoms with E-state index in [4.69, 9.17) is 27.1 Å². The van der Waals surface area contributed by atoms with Crippen LogP contribution in [0.4, 0.5) is 23.0 Å². The Kier molecular flexibility index (Phi) is 7.95. The van der Waals surface area contributed by atoms with Crippen LogP contribution in [0.25, 0.3) is 22.2 Å². The number of aromatic nitrogens is 3. The zero-order chi connectivity index (χ0) is 26.5. The van der Waals surface area contributed by atoms with E-state index in [1.165, 1.54) is 6.08 Å². The number of para-hydroxylation sites is 1. The van der Waals surface area contributed by atoms with Crippen molar-refractivity contribution >= 4 is 51.4 Å². The number of nitrogens with two attached hydrogens (primary N) is 1. The van der Waals surface area contributed by atoms with Gasteiger partial charge < -0.3 is 31.0 Å². The largest absolute Gasteiger partial charge is 0.494 e. The number of H-pyrrole nitrogens is 1. The van der Waals surface area contributed by atoms with Crippen molar-refractivity contribution in [2.24, 2.45) is 5.73 Å². The summed E-state index contributed by atoms with van der Waals surface area (Å²) in [5.74, 6) is 0.527. The molecule has 0 aliphatic heterocycles. The van der Waals surface area contributed by atoms with Crippen molar-refractivity contribution in [1.29, 1.82) is 0 Å². The van der Waals surface area contributed by atoms with Gasteiger partial charge in [-0.2, -0.15) is 0 Å². The first kappa shape index (κ1) is 26.0. The third-order valence-electron chi connectivity index (χ3n) is 5.90. The number of hydrogen-bond acceptors (Lipinski definition) is 7. The van der Waals surface area contributed by atoms with E-state index < -0.39 is 0 Å². The number of halogens is 1. The number of fused-ring (bicyclic) bond motifs is 1. The fourth-order valence-corrected chi connectivity index (χ4v) is 4.35. The average molecular weight is 520 g/mol. The lowest BCUT2D eigenvalue weighted by Gasteiger charge is -2.31. The molecular weight excluding hydrogens is 490 g/mol. The lowest BCUT2D eigenvalue weighted by atomic mass is 10.1. The van der Waals surface area contributed by atoms with Gasteiger partial charge in [0.15, 0.2) is 0 Å². The second kappa shape index (κ2) is 11.3. The fraction of sp³-hybridized carbons (Fsp3) is 0.222. The summed E-state index contributed by atoms with van der Waals surface area (Å²) < 4.78 is 5.70. The number of hydrogen-bond donors (Lipinski definition) is 4. The summed E-state index contributed by atoms with van der Waals surface area (Å²) in [4.78, 5) is 26.7. The van der Waals surface area contributed by atoms with E-state index in [1.807, 2.05) is 36.5 Å². The average Bonchev–Trinajstić information content (AvgIpc) is 3.32. The summed E-state index contributed by atoms with van der Waals surface area (Å²) in [7, 11) is 1.58. The summed E-state index contributed by atoms with van der Waals surface area (Å²) in [5.41, 5.74) is 10.2. The van der Waals surface area contributed by atoms with Crippen LogP contribution in [0.5, 0.6) is 5.75 Å². The van der Waals surface area contributed by atoms with Crippen LogP contribution in [0.2, 0.25) is 5.02 Å². The molecule has 0 radical (unpaired) electrons. The molecule has 0 atom stereocenters. The highest BCUT2D eigenvalue weighted by Gasteiger charge is 2.20. The lowest BCUT2D eigenvalue weighted by molar-refractivity contribution is -0.111. The van der Waals surface area contributed by atoms with E-state index >= 15 is 0 Å². The molecule has 1 amide bonds. The third-order valence-corrected chi connectivity index (χ3v) is 6.18. The Morgan fingerprint density at radius 2 is 2.08 bits per heavy atom. The van der Waals surface area contributed by atoms with E-state index in [0.717, 1.165) is 22.2 Å². The number of carbonyl (C=O) groups excluding carboxylic acids is 1. The highest BCUT2D eigenvalue weighted by Crippen LogP contribution is 2.39. The van der Waals surface area contributed by atoms with Crippen molar-refractivity contribution in [1.82, 2.24) is 15.0 Å². The van der Waals surface area contributed by atoms with Gasteiger partial charge in [-0.1, -0.05) is 36.4 Å². The molecule has 2 aromatic heterocycles. The molecule has 0 saturated carbocycles. The van der Waals surface area contributed by atoms with Crippen LogP contribution in [0.15, 0.2) is 61.4 Å². The van der Waals surface area contributed by atoms with Gasteiger partial charge in [0.25, 0.3) is 0 Å². The van der Waals surface area contributed by atoms with Gasteiger partial charge in [-0.3, -0.25) is 4.79 Å². The molecule has 192 valence electrons. The van der Waals surface area contributed by atoms with Crippen molar-refractivity contribution in [3.63, 3.8) is 0 Å². The number of methoxy groups -OCH3 is 1. The van der Waals surface area contributed by atoms with Gasteiger partial charge >= 0.3 is 0 Å². The van der Waals surface area contributed by atoms with Crippen molar-refractivity contribution in [2.75, 3.05) is 35.7 Å². The summed E-state index contributed by atoms with van der Waals surface area (Å²) in [6, 6.07) is 11.7. The van der Waals surface area contributed by atoms with Crippen molar-refractivity contribution in [2.45, 2.75) is 19.9 Å². The molecule has 2 heterocycles. The highest BCUT2D eigenvalue weighted by molar-refractivity contribution is 6.33. The van der Waals surface area contributed by atoms with Crippen molar-refractivity contribution < 1.29 is 9.53 Å². The topological polar surface area (TPSA) is 121 Å². The molecule has 9 nitrogen and oxygen atoms in total.